The molecule has 1 fully saturated rings. The Kier molecular flexibility index (Phi) is 5.61. The van der Waals surface area contributed by atoms with Crippen molar-refractivity contribution in [3.8, 4) is 0 Å². The van der Waals surface area contributed by atoms with E-state index >= 15 is 0 Å². The second-order valence-corrected chi connectivity index (χ2v) is 7.29. The van der Waals surface area contributed by atoms with E-state index in [0.29, 0.717) is 11.7 Å². The van der Waals surface area contributed by atoms with Crippen LogP contribution in [0.25, 0.3) is 0 Å². The molecule has 6 nitrogen and oxygen atoms in total. The molecule has 0 bridgehead atoms. The lowest BCUT2D eigenvalue weighted by Crippen LogP contribution is -2.41. The average molecular weight is 336 g/mol. The number of thiazole rings is 1. The van der Waals surface area contributed by atoms with Crippen LogP contribution in [0.3, 0.4) is 0 Å². The zero-order valence-corrected chi connectivity index (χ0v) is 14.2. The number of amides is 2. The maximum atomic E-state index is 11.9. The number of rotatable bonds is 4. The lowest BCUT2D eigenvalue weighted by molar-refractivity contribution is -0.136. The number of hydrogen-bond donors (Lipinski definition) is 2. The van der Waals surface area contributed by atoms with Crippen LogP contribution < -0.4 is 10.6 Å². The largest absolute Gasteiger partial charge is 0.347 e. The van der Waals surface area contributed by atoms with Gasteiger partial charge in [-0.05, 0) is 51.6 Å². The van der Waals surface area contributed by atoms with Crippen LogP contribution in [0.15, 0.2) is 0 Å². The molecule has 2 N–H and O–H groups in total. The van der Waals surface area contributed by atoms with Crippen molar-refractivity contribution in [1.82, 2.24) is 15.2 Å². The normalized spacial score (nSPS) is 18.3. The Bertz CT molecular complexity index is 543. The summed E-state index contributed by atoms with van der Waals surface area (Å²) in [7, 11) is 0. The first-order chi connectivity index (χ1) is 11.2. The van der Waals surface area contributed by atoms with Gasteiger partial charge in [0.25, 0.3) is 0 Å². The molecule has 1 saturated heterocycles. The third-order valence-corrected chi connectivity index (χ3v) is 5.51. The van der Waals surface area contributed by atoms with Gasteiger partial charge < -0.3 is 10.2 Å². The number of anilines is 1. The quantitative estimate of drug-likeness (QED) is 0.819. The molecular weight excluding hydrogens is 312 g/mol. The fourth-order valence-electron chi connectivity index (χ4n) is 3.15. The predicted octanol–water partition coefficient (Wildman–Crippen LogP) is 1.56. The molecule has 3 rings (SSSR count). The van der Waals surface area contributed by atoms with E-state index < -0.39 is 11.8 Å². The lowest BCUT2D eigenvalue weighted by Gasteiger charge is -2.26. The molecule has 0 unspecified atom stereocenters. The molecule has 0 atom stereocenters. The van der Waals surface area contributed by atoms with Gasteiger partial charge in [0, 0.05) is 18.0 Å². The predicted molar refractivity (Wildman–Crippen MR) is 90.7 cm³/mol. The summed E-state index contributed by atoms with van der Waals surface area (Å²) >= 11 is 1.50. The number of fused-ring (bicyclic) bond motifs is 1. The average Bonchev–Trinajstić information content (AvgIpc) is 2.98. The van der Waals surface area contributed by atoms with Crippen molar-refractivity contribution in [2.75, 3.05) is 31.5 Å². The Labute approximate surface area is 140 Å². The summed E-state index contributed by atoms with van der Waals surface area (Å²) in [4.78, 5) is 31.8. The van der Waals surface area contributed by atoms with E-state index in [2.05, 4.69) is 20.5 Å². The maximum absolute atomic E-state index is 11.9. The highest BCUT2D eigenvalue weighted by molar-refractivity contribution is 7.16. The monoisotopic (exact) mass is 336 g/mol. The summed E-state index contributed by atoms with van der Waals surface area (Å²) in [5, 5.41) is 5.88. The minimum Gasteiger partial charge on any atom is -0.347 e. The molecule has 7 heteroatoms. The fourth-order valence-corrected chi connectivity index (χ4v) is 4.20. The van der Waals surface area contributed by atoms with Crippen molar-refractivity contribution in [2.24, 2.45) is 0 Å². The van der Waals surface area contributed by atoms with Crippen LogP contribution in [0.5, 0.6) is 0 Å². The van der Waals surface area contributed by atoms with E-state index in [-0.39, 0.29) is 0 Å². The van der Waals surface area contributed by atoms with Gasteiger partial charge >= 0.3 is 11.8 Å². The standard InChI is InChI=1S/C16H24N4O2S/c21-14(17-8-11-20-9-4-1-5-10-20)15(22)19-16-18-12-6-2-3-7-13(12)23-16/h1-11H2,(H,17,21)(H,18,19,22). The van der Waals surface area contributed by atoms with E-state index in [1.165, 1.54) is 41.9 Å². The lowest BCUT2D eigenvalue weighted by atomic mass is 10.0. The van der Waals surface area contributed by atoms with Crippen molar-refractivity contribution < 1.29 is 9.59 Å². The molecule has 0 saturated carbocycles. The maximum Gasteiger partial charge on any atom is 0.315 e. The van der Waals surface area contributed by atoms with E-state index in [9.17, 15) is 9.59 Å². The molecule has 2 aliphatic rings. The Hall–Kier alpha value is -1.47. The molecule has 1 aromatic heterocycles. The van der Waals surface area contributed by atoms with E-state index in [1.807, 2.05) is 0 Å². The molecule has 2 amide bonds. The van der Waals surface area contributed by atoms with E-state index in [4.69, 9.17) is 0 Å². The molecule has 1 aliphatic heterocycles. The van der Waals surface area contributed by atoms with Crippen LogP contribution in [0.2, 0.25) is 0 Å². The van der Waals surface area contributed by atoms with Gasteiger partial charge in [-0.3, -0.25) is 14.9 Å². The highest BCUT2D eigenvalue weighted by Gasteiger charge is 2.19. The minimum atomic E-state index is -0.616. The highest BCUT2D eigenvalue weighted by Crippen LogP contribution is 2.29. The number of nitrogens with one attached hydrogen (secondary N) is 2. The Morgan fingerprint density at radius 1 is 1.04 bits per heavy atom. The van der Waals surface area contributed by atoms with Gasteiger partial charge in [0.2, 0.25) is 0 Å². The van der Waals surface area contributed by atoms with Gasteiger partial charge in [-0.15, -0.1) is 11.3 Å². The van der Waals surface area contributed by atoms with Crippen LogP contribution in [0.4, 0.5) is 5.13 Å². The molecular formula is C16H24N4O2S. The van der Waals surface area contributed by atoms with Gasteiger partial charge in [-0.2, -0.15) is 0 Å². The molecule has 2 heterocycles. The van der Waals surface area contributed by atoms with Gasteiger partial charge in [0.05, 0.1) is 5.69 Å². The van der Waals surface area contributed by atoms with Crippen LogP contribution in [-0.4, -0.2) is 47.9 Å². The third-order valence-electron chi connectivity index (χ3n) is 4.43. The molecule has 0 spiro atoms. The minimum absolute atomic E-state index is 0.515. The van der Waals surface area contributed by atoms with Crippen molar-refractivity contribution >= 4 is 28.3 Å². The first-order valence-corrected chi connectivity index (χ1v) is 9.34. The second kappa shape index (κ2) is 7.88. The number of aromatic nitrogens is 1. The first kappa shape index (κ1) is 16.4. The van der Waals surface area contributed by atoms with Crippen molar-refractivity contribution in [3.63, 3.8) is 0 Å². The zero-order chi connectivity index (χ0) is 16.1. The summed E-state index contributed by atoms with van der Waals surface area (Å²) in [6, 6.07) is 0. The Morgan fingerprint density at radius 3 is 2.61 bits per heavy atom. The fraction of sp³-hybridized carbons (Fsp3) is 0.688. The summed E-state index contributed by atoms with van der Waals surface area (Å²) in [6.45, 7) is 3.50. The summed E-state index contributed by atoms with van der Waals surface area (Å²) in [5.41, 5.74) is 1.09. The van der Waals surface area contributed by atoms with Crippen LogP contribution in [-0.2, 0) is 22.4 Å². The summed E-state index contributed by atoms with van der Waals surface area (Å²) in [5.74, 6) is -1.19. The number of hydrogen-bond acceptors (Lipinski definition) is 5. The van der Waals surface area contributed by atoms with E-state index in [0.717, 1.165) is 44.6 Å². The number of piperidine rings is 1. The van der Waals surface area contributed by atoms with Crippen molar-refractivity contribution in [2.45, 2.75) is 44.9 Å². The SMILES string of the molecule is O=C(NCCN1CCCCC1)C(=O)Nc1nc2c(s1)CCCC2. The number of aryl methyl sites for hydroxylation is 2. The zero-order valence-electron chi connectivity index (χ0n) is 13.4. The second-order valence-electron chi connectivity index (χ2n) is 6.21. The van der Waals surface area contributed by atoms with Gasteiger partial charge in [0.15, 0.2) is 5.13 Å². The number of likely N-dealkylation sites (tertiary alicyclic amines) is 1. The van der Waals surface area contributed by atoms with Crippen LogP contribution >= 0.6 is 11.3 Å². The number of nitrogens with zero attached hydrogens (tertiary/aromatic N) is 2. The number of carbonyl (C=O) groups is 2. The summed E-state index contributed by atoms with van der Waals surface area (Å²) < 4.78 is 0. The molecule has 23 heavy (non-hydrogen) atoms. The molecule has 126 valence electrons. The summed E-state index contributed by atoms with van der Waals surface area (Å²) in [6.07, 6.45) is 8.09. The Morgan fingerprint density at radius 2 is 1.83 bits per heavy atom. The van der Waals surface area contributed by atoms with Gasteiger partial charge in [0.1, 0.15) is 0 Å². The smallest absolute Gasteiger partial charge is 0.315 e. The van der Waals surface area contributed by atoms with E-state index in [1.54, 1.807) is 0 Å². The first-order valence-electron chi connectivity index (χ1n) is 8.52. The topological polar surface area (TPSA) is 74.3 Å². The van der Waals surface area contributed by atoms with Gasteiger partial charge in [-0.1, -0.05) is 6.42 Å². The van der Waals surface area contributed by atoms with Crippen LogP contribution in [0.1, 0.15) is 42.7 Å². The third kappa shape index (κ3) is 4.51. The molecule has 0 aromatic carbocycles. The van der Waals surface area contributed by atoms with Crippen molar-refractivity contribution in [1.29, 1.82) is 0 Å². The molecule has 0 radical (unpaired) electrons. The highest BCUT2D eigenvalue weighted by atomic mass is 32.1. The molecule has 1 aliphatic carbocycles. The van der Waals surface area contributed by atoms with Crippen LogP contribution in [0, 0.1) is 0 Å². The number of carbonyl (C=O) groups excluding carboxylic acids is 2. The Balaban J connectivity index is 1.42. The molecule has 1 aromatic rings. The van der Waals surface area contributed by atoms with Gasteiger partial charge in [-0.25, -0.2) is 4.98 Å². The van der Waals surface area contributed by atoms with Crippen molar-refractivity contribution in [3.05, 3.63) is 10.6 Å².